The van der Waals surface area contributed by atoms with E-state index < -0.39 is 17.7 Å². The molecule has 20 heavy (non-hydrogen) atoms. The molecule has 0 saturated heterocycles. The van der Waals surface area contributed by atoms with E-state index in [2.05, 4.69) is 10.3 Å². The fraction of sp³-hybridized carbons (Fsp3) is 0.273. The molecule has 2 rings (SSSR count). The van der Waals surface area contributed by atoms with Gasteiger partial charge in [-0.15, -0.1) is 23.1 Å². The Bertz CT molecular complexity index is 616. The van der Waals surface area contributed by atoms with Gasteiger partial charge in [-0.25, -0.2) is 4.99 Å². The summed E-state index contributed by atoms with van der Waals surface area (Å²) < 4.78 is 38.6. The molecule has 4 nitrogen and oxygen atoms in total. The molecule has 0 aliphatic carbocycles. The largest absolute Gasteiger partial charge is 0.449 e. The zero-order valence-electron chi connectivity index (χ0n) is 10.0. The van der Waals surface area contributed by atoms with Gasteiger partial charge in [-0.05, 0) is 17.7 Å². The number of hydrogen-bond acceptors (Lipinski definition) is 6. The number of thiophene rings is 1. The summed E-state index contributed by atoms with van der Waals surface area (Å²) in [6.45, 7) is 0. The van der Waals surface area contributed by atoms with Crippen molar-refractivity contribution in [2.24, 2.45) is 4.99 Å². The maximum atomic E-state index is 12.9. The minimum absolute atomic E-state index is 0.0641. The van der Waals surface area contributed by atoms with Crippen molar-refractivity contribution in [2.75, 3.05) is 6.26 Å². The van der Waals surface area contributed by atoms with Crippen LogP contribution in [0.25, 0.3) is 0 Å². The lowest BCUT2D eigenvalue weighted by Gasteiger charge is -2.30. The Balaban J connectivity index is 2.65. The molecule has 0 aromatic carbocycles. The van der Waals surface area contributed by atoms with Crippen molar-refractivity contribution in [3.8, 4) is 6.07 Å². The van der Waals surface area contributed by atoms with Crippen LogP contribution in [0.15, 0.2) is 33.1 Å². The number of rotatable bonds is 2. The number of nitrogens with zero attached hydrogens (tertiary/aromatic N) is 2. The van der Waals surface area contributed by atoms with Crippen molar-refractivity contribution in [2.45, 2.75) is 11.9 Å². The minimum Gasteiger partial charge on any atom is -0.361 e. The van der Waals surface area contributed by atoms with Crippen molar-refractivity contribution in [3.63, 3.8) is 0 Å². The number of nitrogens with one attached hydrogen (secondary N) is 1. The lowest BCUT2D eigenvalue weighted by Crippen LogP contribution is -2.44. The monoisotopic (exact) mass is 319 g/mol. The second-order valence-electron chi connectivity index (χ2n) is 3.75. The highest BCUT2D eigenvalue weighted by Crippen LogP contribution is 2.40. The van der Waals surface area contributed by atoms with E-state index in [1.807, 2.05) is 0 Å². The smallest absolute Gasteiger partial charge is 0.361 e. The highest BCUT2D eigenvalue weighted by atomic mass is 32.2. The summed E-state index contributed by atoms with van der Waals surface area (Å²) in [5.41, 5.74) is -2.56. The van der Waals surface area contributed by atoms with Crippen molar-refractivity contribution in [3.05, 3.63) is 33.0 Å². The summed E-state index contributed by atoms with van der Waals surface area (Å²) >= 11 is 1.93. The number of aliphatic imine (C=N–C) groups is 1. The molecule has 1 atom stereocenters. The zero-order chi connectivity index (χ0) is 15.0. The Morgan fingerprint density at radius 3 is 2.70 bits per heavy atom. The van der Waals surface area contributed by atoms with Gasteiger partial charge in [-0.1, -0.05) is 6.07 Å². The van der Waals surface area contributed by atoms with Gasteiger partial charge in [0.2, 0.25) is 11.6 Å². The Labute approximate surface area is 120 Å². The van der Waals surface area contributed by atoms with Crippen LogP contribution < -0.4 is 5.32 Å². The first kappa shape index (κ1) is 14.9. The van der Waals surface area contributed by atoms with E-state index in [4.69, 9.17) is 5.26 Å². The quantitative estimate of drug-likeness (QED) is 0.879. The van der Waals surface area contributed by atoms with Gasteiger partial charge in [0.15, 0.2) is 0 Å². The number of amidine groups is 1. The Morgan fingerprint density at radius 1 is 1.55 bits per heavy atom. The van der Waals surface area contributed by atoms with Gasteiger partial charge < -0.3 is 10.4 Å². The van der Waals surface area contributed by atoms with E-state index in [9.17, 15) is 18.3 Å². The summed E-state index contributed by atoms with van der Waals surface area (Å²) in [6, 6.07) is 4.73. The van der Waals surface area contributed by atoms with Gasteiger partial charge >= 0.3 is 6.18 Å². The summed E-state index contributed by atoms with van der Waals surface area (Å²) in [5, 5.41) is 23.2. The van der Waals surface area contributed by atoms with E-state index >= 15 is 0 Å². The topological polar surface area (TPSA) is 68.4 Å². The van der Waals surface area contributed by atoms with Crippen molar-refractivity contribution in [1.82, 2.24) is 5.32 Å². The molecule has 1 aromatic rings. The highest BCUT2D eigenvalue weighted by Gasteiger charge is 2.47. The lowest BCUT2D eigenvalue weighted by atomic mass is 10.0. The van der Waals surface area contributed by atoms with Crippen molar-refractivity contribution < 1.29 is 18.3 Å². The first-order chi connectivity index (χ1) is 9.32. The third-order valence-corrected chi connectivity index (χ3v) is 4.21. The third-order valence-electron chi connectivity index (χ3n) is 2.53. The molecule has 0 radical (unpaired) electrons. The molecule has 2 heterocycles. The van der Waals surface area contributed by atoms with Crippen molar-refractivity contribution in [1.29, 1.82) is 5.26 Å². The van der Waals surface area contributed by atoms with Crippen LogP contribution in [0.2, 0.25) is 0 Å². The molecule has 0 fully saturated rings. The summed E-state index contributed by atoms with van der Waals surface area (Å²) in [4.78, 5) is 3.49. The molecule has 0 bridgehead atoms. The average molecular weight is 319 g/mol. The molecule has 0 spiro atoms. The molecule has 9 heteroatoms. The number of aliphatic hydroxyl groups is 1. The van der Waals surface area contributed by atoms with Crippen molar-refractivity contribution >= 4 is 28.9 Å². The summed E-state index contributed by atoms with van der Waals surface area (Å²) in [6.07, 6.45) is -3.24. The van der Waals surface area contributed by atoms with Gasteiger partial charge in [-0.2, -0.15) is 18.4 Å². The number of halogens is 3. The van der Waals surface area contributed by atoms with E-state index in [1.165, 1.54) is 12.3 Å². The van der Waals surface area contributed by atoms with Gasteiger partial charge in [-0.3, -0.25) is 0 Å². The van der Waals surface area contributed by atoms with Crippen LogP contribution in [0.3, 0.4) is 0 Å². The molecule has 1 aliphatic heterocycles. The van der Waals surface area contributed by atoms with Gasteiger partial charge in [0.25, 0.3) is 0 Å². The molecule has 2 N–H and O–H groups in total. The average Bonchev–Trinajstić information content (AvgIpc) is 2.91. The fourth-order valence-electron chi connectivity index (χ4n) is 1.65. The van der Waals surface area contributed by atoms with E-state index in [0.717, 1.165) is 23.1 Å². The summed E-state index contributed by atoms with van der Waals surface area (Å²) in [7, 11) is 0. The van der Waals surface area contributed by atoms with E-state index in [0.29, 0.717) is 0 Å². The Morgan fingerprint density at radius 2 is 2.25 bits per heavy atom. The maximum Gasteiger partial charge on any atom is 0.449 e. The van der Waals surface area contributed by atoms with Crippen LogP contribution >= 0.6 is 23.1 Å². The highest BCUT2D eigenvalue weighted by molar-refractivity contribution is 8.02. The van der Waals surface area contributed by atoms with Crippen LogP contribution in [0.4, 0.5) is 13.2 Å². The standard InChI is InChI=1S/C11H8F3N3OS2/c1-19-8-6(5-15)10(18,7-3-2-4-20-7)17-9(16-8)11(12,13)14/h2-4,18H,1H3,(H,16,17). The molecule has 0 saturated carbocycles. The van der Waals surface area contributed by atoms with Gasteiger partial charge in [0, 0.05) is 0 Å². The Hall–Kier alpha value is -1.50. The van der Waals surface area contributed by atoms with Crippen LogP contribution in [-0.4, -0.2) is 23.4 Å². The number of hydrogen-bond donors (Lipinski definition) is 2. The summed E-state index contributed by atoms with van der Waals surface area (Å²) in [5.74, 6) is -1.32. The second-order valence-corrected chi connectivity index (χ2v) is 5.52. The number of alkyl halides is 3. The predicted molar refractivity (Wildman–Crippen MR) is 71.0 cm³/mol. The minimum atomic E-state index is -4.74. The van der Waals surface area contributed by atoms with E-state index in [1.54, 1.807) is 17.5 Å². The molecule has 1 aliphatic rings. The maximum absolute atomic E-state index is 12.9. The first-order valence-electron chi connectivity index (χ1n) is 5.22. The van der Waals surface area contributed by atoms with Gasteiger partial charge in [0.05, 0.1) is 9.91 Å². The molecule has 106 valence electrons. The predicted octanol–water partition coefficient (Wildman–Crippen LogP) is 2.56. The molecule has 0 amide bonds. The SMILES string of the molecule is CSC1=C(C#N)C(O)(c2cccs2)N=C(C(F)(F)F)N1. The fourth-order valence-corrected chi connectivity index (χ4v) is 3.01. The zero-order valence-corrected chi connectivity index (χ0v) is 11.7. The number of nitriles is 1. The molecular formula is C11H8F3N3OS2. The number of thioether (sulfide) groups is 1. The van der Waals surface area contributed by atoms with Crippen LogP contribution in [-0.2, 0) is 5.72 Å². The first-order valence-corrected chi connectivity index (χ1v) is 7.32. The lowest BCUT2D eigenvalue weighted by molar-refractivity contribution is -0.0643. The second kappa shape index (κ2) is 5.12. The molecule has 1 aromatic heterocycles. The third kappa shape index (κ3) is 2.42. The normalized spacial score (nSPS) is 23.1. The Kier molecular flexibility index (Phi) is 3.82. The van der Waals surface area contributed by atoms with Crippen LogP contribution in [0.1, 0.15) is 4.88 Å². The van der Waals surface area contributed by atoms with Crippen LogP contribution in [0.5, 0.6) is 0 Å². The van der Waals surface area contributed by atoms with Gasteiger partial charge in [0.1, 0.15) is 11.6 Å². The molecule has 1 unspecified atom stereocenters. The molecular weight excluding hydrogens is 311 g/mol. The van der Waals surface area contributed by atoms with Crippen LogP contribution in [0, 0.1) is 11.3 Å². The van der Waals surface area contributed by atoms with E-state index in [-0.39, 0.29) is 15.5 Å².